The average Bonchev–Trinajstić information content (AvgIpc) is 2.39. The molecule has 0 N–H and O–H groups in total. The van der Waals surface area contributed by atoms with Gasteiger partial charge in [-0.2, -0.15) is 13.2 Å². The van der Waals surface area contributed by atoms with Gasteiger partial charge in [-0.25, -0.2) is 0 Å². The largest absolute Gasteiger partial charge is 0.416 e. The van der Waals surface area contributed by atoms with Gasteiger partial charge in [0.1, 0.15) is 0 Å². The maximum Gasteiger partial charge on any atom is 0.416 e. The van der Waals surface area contributed by atoms with Crippen molar-refractivity contribution in [3.63, 3.8) is 0 Å². The lowest BCUT2D eigenvalue weighted by Gasteiger charge is -2.08. The molecule has 100 valence electrons. The van der Waals surface area contributed by atoms with E-state index in [0.29, 0.717) is 0 Å². The molecule has 0 fully saturated rings. The lowest BCUT2D eigenvalue weighted by molar-refractivity contribution is -0.137. The Morgan fingerprint density at radius 3 is 1.68 bits per heavy atom. The summed E-state index contributed by atoms with van der Waals surface area (Å²) in [6.07, 6.45) is -2.17. The SMILES string of the molecule is CCCc1ccc(-c2ccc(C(F)(F)F)cc2)cc1. The molecule has 2 aromatic rings. The third kappa shape index (κ3) is 3.37. The highest BCUT2D eigenvalue weighted by Gasteiger charge is 2.29. The van der Waals surface area contributed by atoms with E-state index in [0.717, 1.165) is 36.1 Å². The third-order valence-electron chi connectivity index (χ3n) is 3.04. The van der Waals surface area contributed by atoms with Crippen LogP contribution in [0.25, 0.3) is 11.1 Å². The van der Waals surface area contributed by atoms with Crippen molar-refractivity contribution in [2.24, 2.45) is 0 Å². The molecule has 0 atom stereocenters. The van der Waals surface area contributed by atoms with Gasteiger partial charge in [0.15, 0.2) is 0 Å². The van der Waals surface area contributed by atoms with Crippen LogP contribution in [0.15, 0.2) is 48.5 Å². The van der Waals surface area contributed by atoms with Crippen molar-refractivity contribution in [1.82, 2.24) is 0 Å². The van der Waals surface area contributed by atoms with Crippen molar-refractivity contribution in [1.29, 1.82) is 0 Å². The molecule has 0 aromatic heterocycles. The Bertz CT molecular complexity index is 521. The molecule has 0 amide bonds. The fourth-order valence-corrected chi connectivity index (χ4v) is 2.00. The lowest BCUT2D eigenvalue weighted by atomic mass is 10.0. The summed E-state index contributed by atoms with van der Waals surface area (Å²) in [5.41, 5.74) is 2.38. The minimum atomic E-state index is -4.27. The van der Waals surface area contributed by atoms with Crippen LogP contribution in [0.1, 0.15) is 24.5 Å². The van der Waals surface area contributed by atoms with Crippen LogP contribution in [0.5, 0.6) is 0 Å². The molecular weight excluding hydrogens is 249 g/mol. The number of aryl methyl sites for hydroxylation is 1. The summed E-state index contributed by atoms with van der Waals surface area (Å²) in [4.78, 5) is 0. The molecule has 0 nitrogen and oxygen atoms in total. The Morgan fingerprint density at radius 1 is 0.789 bits per heavy atom. The zero-order valence-corrected chi connectivity index (χ0v) is 10.7. The minimum absolute atomic E-state index is 0.612. The Labute approximate surface area is 110 Å². The van der Waals surface area contributed by atoms with Crippen LogP contribution in [0, 0.1) is 0 Å². The Kier molecular flexibility index (Phi) is 3.93. The highest BCUT2D eigenvalue weighted by Crippen LogP contribution is 2.31. The van der Waals surface area contributed by atoms with Gasteiger partial charge in [0.2, 0.25) is 0 Å². The van der Waals surface area contributed by atoms with Crippen molar-refractivity contribution in [3.8, 4) is 11.1 Å². The van der Waals surface area contributed by atoms with Crippen molar-refractivity contribution in [2.75, 3.05) is 0 Å². The van der Waals surface area contributed by atoms with Gasteiger partial charge in [-0.1, -0.05) is 49.7 Å². The topological polar surface area (TPSA) is 0 Å². The van der Waals surface area contributed by atoms with Crippen LogP contribution < -0.4 is 0 Å². The summed E-state index contributed by atoms with van der Waals surface area (Å²) in [5.74, 6) is 0. The second-order valence-corrected chi connectivity index (χ2v) is 4.52. The van der Waals surface area contributed by atoms with Crippen LogP contribution in [-0.2, 0) is 12.6 Å². The number of rotatable bonds is 3. The lowest BCUT2D eigenvalue weighted by Crippen LogP contribution is -2.03. The standard InChI is InChI=1S/C16H15F3/c1-2-3-12-4-6-13(7-5-12)14-8-10-15(11-9-14)16(17,18)19/h4-11H,2-3H2,1H3. The zero-order chi connectivity index (χ0) is 13.9. The Balaban J connectivity index is 2.22. The maximum atomic E-state index is 12.5. The van der Waals surface area contributed by atoms with Gasteiger partial charge in [-0.3, -0.25) is 0 Å². The summed E-state index contributed by atoms with van der Waals surface area (Å²) < 4.78 is 37.4. The highest BCUT2D eigenvalue weighted by molar-refractivity contribution is 5.64. The molecule has 0 saturated carbocycles. The predicted molar refractivity (Wildman–Crippen MR) is 70.9 cm³/mol. The van der Waals surface area contributed by atoms with Gasteiger partial charge in [0.25, 0.3) is 0 Å². The van der Waals surface area contributed by atoms with Crippen LogP contribution >= 0.6 is 0 Å². The van der Waals surface area contributed by atoms with E-state index in [4.69, 9.17) is 0 Å². The van der Waals surface area contributed by atoms with Gasteiger partial charge < -0.3 is 0 Å². The first kappa shape index (κ1) is 13.7. The summed E-state index contributed by atoms with van der Waals surface area (Å²) >= 11 is 0. The molecule has 0 aliphatic heterocycles. The van der Waals surface area contributed by atoms with Gasteiger partial charge in [0, 0.05) is 0 Å². The van der Waals surface area contributed by atoms with E-state index in [1.807, 2.05) is 24.3 Å². The first-order valence-electron chi connectivity index (χ1n) is 6.27. The second kappa shape index (κ2) is 5.47. The van der Waals surface area contributed by atoms with Gasteiger partial charge in [-0.05, 0) is 35.2 Å². The molecule has 19 heavy (non-hydrogen) atoms. The number of hydrogen-bond acceptors (Lipinski definition) is 0. The first-order valence-corrected chi connectivity index (χ1v) is 6.27. The maximum absolute atomic E-state index is 12.5. The molecular formula is C16H15F3. The number of benzene rings is 2. The summed E-state index contributed by atoms with van der Waals surface area (Å²) in [7, 11) is 0. The van der Waals surface area contributed by atoms with E-state index in [9.17, 15) is 13.2 Å². The van der Waals surface area contributed by atoms with Crippen LogP contribution in [0.3, 0.4) is 0 Å². The molecule has 0 unspecified atom stereocenters. The molecule has 0 radical (unpaired) electrons. The smallest absolute Gasteiger partial charge is 0.166 e. The average molecular weight is 264 g/mol. The second-order valence-electron chi connectivity index (χ2n) is 4.52. The van der Waals surface area contributed by atoms with Crippen LogP contribution in [0.2, 0.25) is 0 Å². The van der Waals surface area contributed by atoms with E-state index in [1.165, 1.54) is 17.7 Å². The van der Waals surface area contributed by atoms with Crippen molar-refractivity contribution in [3.05, 3.63) is 59.7 Å². The molecule has 0 saturated heterocycles. The summed E-state index contributed by atoms with van der Waals surface area (Å²) in [6.45, 7) is 2.11. The number of alkyl halides is 3. The third-order valence-corrected chi connectivity index (χ3v) is 3.04. The zero-order valence-electron chi connectivity index (χ0n) is 10.7. The van der Waals surface area contributed by atoms with E-state index in [2.05, 4.69) is 6.92 Å². The Morgan fingerprint density at radius 2 is 1.26 bits per heavy atom. The van der Waals surface area contributed by atoms with Gasteiger partial charge >= 0.3 is 6.18 Å². The van der Waals surface area contributed by atoms with E-state index < -0.39 is 11.7 Å². The van der Waals surface area contributed by atoms with Gasteiger partial charge in [0.05, 0.1) is 5.56 Å². The fraction of sp³-hybridized carbons (Fsp3) is 0.250. The molecule has 0 bridgehead atoms. The quantitative estimate of drug-likeness (QED) is 0.703. The van der Waals surface area contributed by atoms with Gasteiger partial charge in [-0.15, -0.1) is 0 Å². The van der Waals surface area contributed by atoms with Crippen molar-refractivity contribution in [2.45, 2.75) is 25.9 Å². The monoisotopic (exact) mass is 264 g/mol. The van der Waals surface area contributed by atoms with E-state index >= 15 is 0 Å². The Hall–Kier alpha value is -1.77. The predicted octanol–water partition coefficient (Wildman–Crippen LogP) is 5.32. The highest BCUT2D eigenvalue weighted by atomic mass is 19.4. The van der Waals surface area contributed by atoms with E-state index in [-0.39, 0.29) is 0 Å². The normalized spacial score (nSPS) is 11.6. The number of hydrogen-bond donors (Lipinski definition) is 0. The number of halogens is 3. The van der Waals surface area contributed by atoms with E-state index in [1.54, 1.807) is 0 Å². The molecule has 0 spiro atoms. The molecule has 0 heterocycles. The van der Waals surface area contributed by atoms with Crippen molar-refractivity contribution < 1.29 is 13.2 Å². The summed E-state index contributed by atoms with van der Waals surface area (Å²) in [5, 5.41) is 0. The molecule has 2 rings (SSSR count). The molecule has 0 aliphatic rings. The fourth-order valence-electron chi connectivity index (χ4n) is 2.00. The minimum Gasteiger partial charge on any atom is -0.166 e. The summed E-state index contributed by atoms with van der Waals surface area (Å²) in [6, 6.07) is 13.2. The molecule has 0 aliphatic carbocycles. The first-order chi connectivity index (χ1) is 9.00. The van der Waals surface area contributed by atoms with Crippen LogP contribution in [-0.4, -0.2) is 0 Å². The van der Waals surface area contributed by atoms with Crippen LogP contribution in [0.4, 0.5) is 13.2 Å². The molecule has 3 heteroatoms. The van der Waals surface area contributed by atoms with Crippen molar-refractivity contribution >= 4 is 0 Å². The molecule has 2 aromatic carbocycles.